The Morgan fingerprint density at radius 2 is 1.95 bits per heavy atom. The van der Waals surface area contributed by atoms with Gasteiger partial charge in [-0.05, 0) is 30.4 Å². The number of piperidine rings is 1. The van der Waals surface area contributed by atoms with Crippen molar-refractivity contribution >= 4 is 0 Å². The molecule has 1 N–H and O–H groups in total. The molecule has 1 aromatic carbocycles. The van der Waals surface area contributed by atoms with Gasteiger partial charge in [-0.15, -0.1) is 0 Å². The molecule has 4 heteroatoms. The molecule has 0 aliphatic carbocycles. The molecule has 0 bridgehead atoms. The lowest BCUT2D eigenvalue weighted by Gasteiger charge is -2.35. The van der Waals surface area contributed by atoms with Crippen molar-refractivity contribution in [3.8, 4) is 5.75 Å². The summed E-state index contributed by atoms with van der Waals surface area (Å²) in [4.78, 5) is 2.27. The highest BCUT2D eigenvalue weighted by atomic mass is 19.1. The number of aliphatic hydroxyl groups is 1. The minimum Gasteiger partial charge on any atom is -0.488 e. The maximum absolute atomic E-state index is 13.4. The van der Waals surface area contributed by atoms with Crippen molar-refractivity contribution in [3.05, 3.63) is 30.1 Å². The summed E-state index contributed by atoms with van der Waals surface area (Å²) in [6.07, 6.45) is 0.658. The zero-order valence-corrected chi connectivity index (χ0v) is 12.3. The number of benzene rings is 1. The topological polar surface area (TPSA) is 32.7 Å². The summed E-state index contributed by atoms with van der Waals surface area (Å²) in [5.74, 6) is 1.14. The van der Waals surface area contributed by atoms with E-state index in [-0.39, 0.29) is 18.2 Å². The molecule has 0 aromatic heterocycles. The van der Waals surface area contributed by atoms with Gasteiger partial charge in [-0.25, -0.2) is 4.39 Å². The van der Waals surface area contributed by atoms with E-state index < -0.39 is 6.10 Å². The molecule has 3 atom stereocenters. The van der Waals surface area contributed by atoms with Gasteiger partial charge in [-0.1, -0.05) is 26.0 Å². The molecule has 0 amide bonds. The molecule has 1 aliphatic rings. The van der Waals surface area contributed by atoms with E-state index in [4.69, 9.17) is 4.74 Å². The number of ether oxygens (including phenoxy) is 1. The van der Waals surface area contributed by atoms with Crippen LogP contribution in [0.5, 0.6) is 5.75 Å². The van der Waals surface area contributed by atoms with Crippen LogP contribution in [0.25, 0.3) is 0 Å². The van der Waals surface area contributed by atoms with Gasteiger partial charge in [0.1, 0.15) is 12.7 Å². The van der Waals surface area contributed by atoms with Crippen molar-refractivity contribution in [2.45, 2.75) is 26.4 Å². The zero-order chi connectivity index (χ0) is 14.5. The van der Waals surface area contributed by atoms with Gasteiger partial charge in [0.2, 0.25) is 0 Å². The molecular formula is C16H24FNO2. The molecule has 1 saturated heterocycles. The molecule has 20 heavy (non-hydrogen) atoms. The molecule has 3 nitrogen and oxygen atoms in total. The van der Waals surface area contributed by atoms with Crippen LogP contribution in [0.1, 0.15) is 20.3 Å². The second-order valence-electron chi connectivity index (χ2n) is 6.06. The number of para-hydroxylation sites is 1. The molecule has 0 radical (unpaired) electrons. The largest absolute Gasteiger partial charge is 0.488 e. The highest BCUT2D eigenvalue weighted by Gasteiger charge is 2.23. The third-order valence-corrected chi connectivity index (χ3v) is 3.68. The van der Waals surface area contributed by atoms with Gasteiger partial charge in [0, 0.05) is 19.6 Å². The van der Waals surface area contributed by atoms with E-state index in [1.807, 2.05) is 0 Å². The van der Waals surface area contributed by atoms with Crippen LogP contribution in [-0.4, -0.2) is 42.4 Å². The molecule has 0 spiro atoms. The van der Waals surface area contributed by atoms with E-state index in [0.717, 1.165) is 13.1 Å². The zero-order valence-electron chi connectivity index (χ0n) is 12.3. The van der Waals surface area contributed by atoms with Crippen LogP contribution in [0, 0.1) is 17.7 Å². The van der Waals surface area contributed by atoms with Gasteiger partial charge in [-0.3, -0.25) is 0 Å². The van der Waals surface area contributed by atoms with E-state index in [0.29, 0.717) is 18.4 Å². The minimum atomic E-state index is -0.591. The molecule has 112 valence electrons. The van der Waals surface area contributed by atoms with Crippen LogP contribution in [-0.2, 0) is 0 Å². The first-order valence-corrected chi connectivity index (χ1v) is 7.32. The molecule has 0 saturated carbocycles. The fourth-order valence-corrected chi connectivity index (χ4v) is 3.04. The Labute approximate surface area is 120 Å². The summed E-state index contributed by atoms with van der Waals surface area (Å²) in [6.45, 7) is 7.22. The van der Waals surface area contributed by atoms with Crippen molar-refractivity contribution in [2.75, 3.05) is 26.2 Å². The molecule has 1 heterocycles. The first-order chi connectivity index (χ1) is 9.54. The second-order valence-corrected chi connectivity index (χ2v) is 6.06. The summed E-state index contributed by atoms with van der Waals surface area (Å²) in [7, 11) is 0. The summed E-state index contributed by atoms with van der Waals surface area (Å²) < 4.78 is 18.7. The number of halogens is 1. The van der Waals surface area contributed by atoms with Gasteiger partial charge in [-0.2, -0.15) is 0 Å². The van der Waals surface area contributed by atoms with Crippen LogP contribution in [0.3, 0.4) is 0 Å². The molecule has 1 aliphatic heterocycles. The van der Waals surface area contributed by atoms with E-state index in [9.17, 15) is 9.50 Å². The molecule has 3 unspecified atom stereocenters. The SMILES string of the molecule is CC1CC(C)CN(CC(O)COc2ccccc2F)C1. The van der Waals surface area contributed by atoms with E-state index in [1.54, 1.807) is 18.2 Å². The molecular weight excluding hydrogens is 257 g/mol. The monoisotopic (exact) mass is 281 g/mol. The summed E-state index contributed by atoms with van der Waals surface area (Å²) in [6, 6.07) is 6.27. The number of rotatable bonds is 5. The van der Waals surface area contributed by atoms with Gasteiger partial charge in [0.05, 0.1) is 0 Å². The lowest BCUT2D eigenvalue weighted by Crippen LogP contribution is -2.44. The maximum Gasteiger partial charge on any atom is 0.165 e. The standard InChI is InChI=1S/C16H24FNO2/c1-12-7-13(2)9-18(8-12)10-14(19)11-20-16-6-4-3-5-15(16)17/h3-6,12-14,19H,7-11H2,1-2H3. The average molecular weight is 281 g/mol. The van der Waals surface area contributed by atoms with Crippen LogP contribution in [0.2, 0.25) is 0 Å². The molecule has 1 aromatic rings. The maximum atomic E-state index is 13.4. The normalized spacial score (nSPS) is 25.4. The smallest absolute Gasteiger partial charge is 0.165 e. The average Bonchev–Trinajstić information content (AvgIpc) is 2.36. The predicted molar refractivity (Wildman–Crippen MR) is 77.3 cm³/mol. The molecule has 2 rings (SSSR count). The Hall–Kier alpha value is -1.13. The minimum absolute atomic E-state index is 0.125. The third kappa shape index (κ3) is 4.46. The summed E-state index contributed by atoms with van der Waals surface area (Å²) in [5, 5.41) is 10.0. The Bertz CT molecular complexity index is 417. The fraction of sp³-hybridized carbons (Fsp3) is 0.625. The number of nitrogens with zero attached hydrogens (tertiary/aromatic N) is 1. The Kier molecular flexibility index (Phi) is 5.38. The van der Waals surface area contributed by atoms with Gasteiger partial charge in [0.15, 0.2) is 11.6 Å². The molecule has 1 fully saturated rings. The Balaban J connectivity index is 1.78. The van der Waals surface area contributed by atoms with E-state index in [2.05, 4.69) is 18.7 Å². The third-order valence-electron chi connectivity index (χ3n) is 3.68. The van der Waals surface area contributed by atoms with Gasteiger partial charge in [0.25, 0.3) is 0 Å². The summed E-state index contributed by atoms with van der Waals surface area (Å²) in [5.41, 5.74) is 0. The first kappa shape index (κ1) is 15.3. The van der Waals surface area contributed by atoms with Crippen molar-refractivity contribution in [3.63, 3.8) is 0 Å². The predicted octanol–water partition coefficient (Wildman–Crippen LogP) is 2.54. The van der Waals surface area contributed by atoms with Crippen molar-refractivity contribution < 1.29 is 14.2 Å². The lowest BCUT2D eigenvalue weighted by molar-refractivity contribution is 0.0420. The van der Waals surface area contributed by atoms with Crippen LogP contribution < -0.4 is 4.74 Å². The highest BCUT2D eigenvalue weighted by Crippen LogP contribution is 2.21. The van der Waals surface area contributed by atoms with E-state index >= 15 is 0 Å². The Morgan fingerprint density at radius 1 is 1.30 bits per heavy atom. The van der Waals surface area contributed by atoms with Crippen LogP contribution >= 0.6 is 0 Å². The number of likely N-dealkylation sites (tertiary alicyclic amines) is 1. The first-order valence-electron chi connectivity index (χ1n) is 7.32. The fourth-order valence-electron chi connectivity index (χ4n) is 3.04. The lowest BCUT2D eigenvalue weighted by atomic mass is 9.92. The summed E-state index contributed by atoms with van der Waals surface area (Å²) >= 11 is 0. The van der Waals surface area contributed by atoms with E-state index in [1.165, 1.54) is 12.5 Å². The van der Waals surface area contributed by atoms with Crippen LogP contribution in [0.15, 0.2) is 24.3 Å². The quantitative estimate of drug-likeness (QED) is 0.900. The highest BCUT2D eigenvalue weighted by molar-refractivity contribution is 5.23. The number of hydrogen-bond donors (Lipinski definition) is 1. The number of aliphatic hydroxyl groups excluding tert-OH is 1. The van der Waals surface area contributed by atoms with Crippen molar-refractivity contribution in [1.82, 2.24) is 4.90 Å². The van der Waals surface area contributed by atoms with Gasteiger partial charge < -0.3 is 14.7 Å². The Morgan fingerprint density at radius 3 is 2.60 bits per heavy atom. The second kappa shape index (κ2) is 7.04. The number of β-amino-alcohol motifs (C(OH)–C–C–N with tert-alkyl or cyclic N) is 1. The number of hydrogen-bond acceptors (Lipinski definition) is 3. The van der Waals surface area contributed by atoms with Gasteiger partial charge >= 0.3 is 0 Å². The van der Waals surface area contributed by atoms with Crippen LogP contribution in [0.4, 0.5) is 4.39 Å². The van der Waals surface area contributed by atoms with Crippen molar-refractivity contribution in [1.29, 1.82) is 0 Å². The van der Waals surface area contributed by atoms with Crippen molar-refractivity contribution in [2.24, 2.45) is 11.8 Å².